The van der Waals surface area contributed by atoms with Gasteiger partial charge in [0.2, 0.25) is 5.91 Å². The quantitative estimate of drug-likeness (QED) is 0.776. The summed E-state index contributed by atoms with van der Waals surface area (Å²) in [6, 6.07) is 0. The van der Waals surface area contributed by atoms with Gasteiger partial charge in [0.15, 0.2) is 0 Å². The number of nitrogens with zero attached hydrogens (tertiary/aromatic N) is 1. The minimum absolute atomic E-state index is 0.118. The fourth-order valence-electron chi connectivity index (χ4n) is 3.57. The molecule has 1 N–H and O–H groups in total. The van der Waals surface area contributed by atoms with Gasteiger partial charge in [-0.15, -0.1) is 0 Å². The number of amides is 1. The zero-order valence-corrected chi connectivity index (χ0v) is 12.1. The highest BCUT2D eigenvalue weighted by molar-refractivity contribution is 7.98. The molecule has 1 amide bonds. The Morgan fingerprint density at radius 3 is 2.72 bits per heavy atom. The predicted octanol–water partition coefficient (Wildman–Crippen LogP) is 2.22. The van der Waals surface area contributed by atoms with Crippen LogP contribution in [0.3, 0.4) is 0 Å². The molecule has 1 aliphatic heterocycles. The Morgan fingerprint density at radius 1 is 1.39 bits per heavy atom. The van der Waals surface area contributed by atoms with Gasteiger partial charge in [-0.05, 0) is 50.0 Å². The summed E-state index contributed by atoms with van der Waals surface area (Å²) < 4.78 is 0. The third kappa shape index (κ3) is 2.18. The van der Waals surface area contributed by atoms with Crippen molar-refractivity contribution in [2.45, 2.75) is 56.7 Å². The van der Waals surface area contributed by atoms with Crippen LogP contribution in [0.1, 0.15) is 44.9 Å². The molecule has 102 valence electrons. The van der Waals surface area contributed by atoms with Gasteiger partial charge >= 0.3 is 0 Å². The Labute approximate surface area is 114 Å². The first-order valence-corrected chi connectivity index (χ1v) is 8.74. The molecular formula is C14H24N2OS. The van der Waals surface area contributed by atoms with Crippen molar-refractivity contribution in [3.63, 3.8) is 0 Å². The zero-order valence-electron chi connectivity index (χ0n) is 11.3. The molecule has 1 spiro atoms. The van der Waals surface area contributed by atoms with Gasteiger partial charge in [-0.1, -0.05) is 12.8 Å². The molecule has 0 aromatic carbocycles. The fourth-order valence-corrected chi connectivity index (χ4v) is 3.99. The Balaban J connectivity index is 1.67. The lowest BCUT2D eigenvalue weighted by atomic mass is 10.0. The molecule has 4 heteroatoms. The second kappa shape index (κ2) is 5.04. The van der Waals surface area contributed by atoms with Crippen molar-refractivity contribution in [3.05, 3.63) is 0 Å². The van der Waals surface area contributed by atoms with Crippen LogP contribution in [-0.4, -0.2) is 41.1 Å². The van der Waals surface area contributed by atoms with Crippen LogP contribution in [0.5, 0.6) is 0 Å². The summed E-state index contributed by atoms with van der Waals surface area (Å²) >= 11 is 1.88. The monoisotopic (exact) mass is 268 g/mol. The lowest BCUT2D eigenvalue weighted by molar-refractivity contribution is -0.131. The summed E-state index contributed by atoms with van der Waals surface area (Å²) in [5.41, 5.74) is -0.118. The number of hydrogen-bond acceptors (Lipinski definition) is 3. The molecule has 0 bridgehead atoms. The van der Waals surface area contributed by atoms with Crippen molar-refractivity contribution in [1.82, 2.24) is 10.2 Å². The Hall–Kier alpha value is -0.220. The first-order chi connectivity index (χ1) is 8.77. The highest BCUT2D eigenvalue weighted by Gasteiger charge is 2.60. The van der Waals surface area contributed by atoms with E-state index in [0.717, 1.165) is 31.6 Å². The van der Waals surface area contributed by atoms with Gasteiger partial charge < -0.3 is 4.90 Å². The third-order valence-electron chi connectivity index (χ3n) is 4.77. The maximum Gasteiger partial charge on any atom is 0.244 e. The van der Waals surface area contributed by atoms with Crippen LogP contribution in [0.4, 0.5) is 0 Å². The van der Waals surface area contributed by atoms with Crippen LogP contribution in [-0.2, 0) is 4.79 Å². The summed E-state index contributed by atoms with van der Waals surface area (Å²) in [5, 5.41) is 3.68. The second-order valence-electron chi connectivity index (χ2n) is 6.06. The lowest BCUT2D eigenvalue weighted by Crippen LogP contribution is -2.43. The van der Waals surface area contributed by atoms with Crippen molar-refractivity contribution < 1.29 is 4.79 Å². The number of thioether (sulfide) groups is 1. The first kappa shape index (κ1) is 12.8. The van der Waals surface area contributed by atoms with Gasteiger partial charge in [-0.2, -0.15) is 11.8 Å². The molecule has 2 aliphatic carbocycles. The summed E-state index contributed by atoms with van der Waals surface area (Å²) in [4.78, 5) is 14.7. The van der Waals surface area contributed by atoms with Crippen LogP contribution in [0, 0.1) is 5.92 Å². The van der Waals surface area contributed by atoms with Gasteiger partial charge in [0.25, 0.3) is 0 Å². The van der Waals surface area contributed by atoms with Gasteiger partial charge in [0.05, 0.1) is 11.7 Å². The van der Waals surface area contributed by atoms with E-state index >= 15 is 0 Å². The molecule has 3 rings (SSSR count). The van der Waals surface area contributed by atoms with E-state index in [9.17, 15) is 4.79 Å². The second-order valence-corrected chi connectivity index (χ2v) is 7.05. The zero-order chi connectivity index (χ0) is 12.6. The summed E-state index contributed by atoms with van der Waals surface area (Å²) in [6.07, 6.45) is 11.1. The molecule has 1 unspecified atom stereocenters. The van der Waals surface area contributed by atoms with Crippen molar-refractivity contribution in [1.29, 1.82) is 0 Å². The minimum atomic E-state index is -0.118. The maximum absolute atomic E-state index is 12.5. The van der Waals surface area contributed by atoms with Gasteiger partial charge in [0.1, 0.15) is 0 Å². The number of carbonyl (C=O) groups is 1. The van der Waals surface area contributed by atoms with E-state index in [1.807, 2.05) is 11.8 Å². The number of carbonyl (C=O) groups excluding carboxylic acids is 1. The molecule has 0 aromatic rings. The van der Waals surface area contributed by atoms with Gasteiger partial charge in [0, 0.05) is 6.54 Å². The number of hydrogen-bond donors (Lipinski definition) is 1. The molecule has 1 atom stereocenters. The predicted molar refractivity (Wildman–Crippen MR) is 75.6 cm³/mol. The van der Waals surface area contributed by atoms with Crippen molar-refractivity contribution >= 4 is 17.7 Å². The smallest absolute Gasteiger partial charge is 0.244 e. The van der Waals surface area contributed by atoms with Crippen molar-refractivity contribution in [2.24, 2.45) is 5.92 Å². The number of rotatable bonds is 5. The van der Waals surface area contributed by atoms with E-state index in [1.165, 1.54) is 25.7 Å². The van der Waals surface area contributed by atoms with Gasteiger partial charge in [-0.3, -0.25) is 10.1 Å². The van der Waals surface area contributed by atoms with Crippen molar-refractivity contribution in [2.75, 3.05) is 18.6 Å². The van der Waals surface area contributed by atoms with Crippen LogP contribution in [0.15, 0.2) is 0 Å². The summed E-state index contributed by atoms with van der Waals surface area (Å²) in [6.45, 7) is 0.954. The third-order valence-corrected chi connectivity index (χ3v) is 5.47. The maximum atomic E-state index is 12.5. The fraction of sp³-hybridized carbons (Fsp3) is 0.929. The molecule has 1 saturated heterocycles. The van der Waals surface area contributed by atoms with E-state index in [2.05, 4.69) is 16.5 Å². The topological polar surface area (TPSA) is 32.3 Å². The lowest BCUT2D eigenvalue weighted by Gasteiger charge is -2.28. The molecule has 1 heterocycles. The standard InChI is InChI=1S/C14H24N2OS/c1-18-10-4-9-16-12(11-5-2-3-6-11)15-14(7-8-14)13(16)17/h11-12,15H,2-10H2,1H3. The van der Waals surface area contributed by atoms with Gasteiger partial charge in [-0.25, -0.2) is 0 Å². The highest BCUT2D eigenvalue weighted by atomic mass is 32.2. The molecule has 0 radical (unpaired) electrons. The van der Waals surface area contributed by atoms with Crippen molar-refractivity contribution in [3.8, 4) is 0 Å². The average Bonchev–Trinajstić information content (AvgIpc) is 2.85. The van der Waals surface area contributed by atoms with Crippen LogP contribution >= 0.6 is 11.8 Å². The largest absolute Gasteiger partial charge is 0.325 e. The Bertz CT molecular complexity index is 324. The Kier molecular flexibility index (Phi) is 3.59. The molecule has 3 nitrogen and oxygen atoms in total. The molecule has 3 fully saturated rings. The molecule has 2 saturated carbocycles. The average molecular weight is 268 g/mol. The SMILES string of the molecule is CSCCCN1C(=O)C2(CC2)NC1C1CCCC1. The minimum Gasteiger partial charge on any atom is -0.325 e. The molecular weight excluding hydrogens is 244 g/mol. The van der Waals surface area contributed by atoms with E-state index in [4.69, 9.17) is 0 Å². The summed E-state index contributed by atoms with van der Waals surface area (Å²) in [5.74, 6) is 2.28. The van der Waals surface area contributed by atoms with Crippen LogP contribution in [0.2, 0.25) is 0 Å². The molecule has 0 aromatic heterocycles. The highest BCUT2D eigenvalue weighted by Crippen LogP contribution is 2.45. The normalized spacial score (nSPS) is 30.6. The number of nitrogens with one attached hydrogen (secondary N) is 1. The van der Waals surface area contributed by atoms with E-state index in [-0.39, 0.29) is 5.54 Å². The Morgan fingerprint density at radius 2 is 2.11 bits per heavy atom. The molecule has 3 aliphatic rings. The van der Waals surface area contributed by atoms with E-state index in [1.54, 1.807) is 0 Å². The molecule has 18 heavy (non-hydrogen) atoms. The first-order valence-electron chi connectivity index (χ1n) is 7.34. The van der Waals surface area contributed by atoms with Crippen LogP contribution in [0.25, 0.3) is 0 Å². The van der Waals surface area contributed by atoms with E-state index < -0.39 is 0 Å². The summed E-state index contributed by atoms with van der Waals surface area (Å²) in [7, 11) is 0. The van der Waals surface area contributed by atoms with Crippen LogP contribution < -0.4 is 5.32 Å². The van der Waals surface area contributed by atoms with E-state index in [0.29, 0.717) is 18.0 Å².